The van der Waals surface area contributed by atoms with Crippen LogP contribution in [-0.4, -0.2) is 31.6 Å². The normalized spacial score (nSPS) is 46.8. The van der Waals surface area contributed by atoms with E-state index in [9.17, 15) is 8.42 Å². The minimum Gasteiger partial charge on any atom is -0.212 e. The third-order valence-electron chi connectivity index (χ3n) is 2.22. The Morgan fingerprint density at radius 1 is 1.56 bits per heavy atom. The van der Waals surface area contributed by atoms with E-state index in [-0.39, 0.29) is 0 Å². The Kier molecular flexibility index (Phi) is 0.833. The van der Waals surface area contributed by atoms with Crippen LogP contribution in [0.25, 0.3) is 0 Å². The molecular weight excluding hydrogens is 138 g/mol. The number of nitrogens with zero attached hydrogens (tertiary/aromatic N) is 1. The Hall–Kier alpha value is -0.0900. The summed E-state index contributed by atoms with van der Waals surface area (Å²) < 4.78 is 23.4. The largest absolute Gasteiger partial charge is 0.214 e. The summed E-state index contributed by atoms with van der Waals surface area (Å²) in [5.74, 6) is 0.869. The average molecular weight is 147 g/mol. The van der Waals surface area contributed by atoms with Crippen LogP contribution in [0.3, 0.4) is 0 Å². The summed E-state index contributed by atoms with van der Waals surface area (Å²) in [6.07, 6.45) is 1.09. The quantitative estimate of drug-likeness (QED) is 0.469. The van der Waals surface area contributed by atoms with E-state index in [1.165, 1.54) is 4.31 Å². The molecule has 1 aliphatic heterocycles. The lowest BCUT2D eigenvalue weighted by Crippen LogP contribution is -2.24. The average Bonchev–Trinajstić information content (AvgIpc) is 2.39. The van der Waals surface area contributed by atoms with Crippen molar-refractivity contribution < 1.29 is 8.42 Å². The highest BCUT2D eigenvalue weighted by atomic mass is 32.2. The number of rotatable bonds is 0. The van der Waals surface area contributed by atoms with Crippen LogP contribution in [-0.2, 0) is 10.0 Å². The smallest absolute Gasteiger partial charge is 0.212 e. The second-order valence-corrected chi connectivity index (χ2v) is 4.93. The third-order valence-corrected chi connectivity index (χ3v) is 4.21. The van der Waals surface area contributed by atoms with Crippen LogP contribution < -0.4 is 0 Å². The van der Waals surface area contributed by atoms with Gasteiger partial charge in [0.1, 0.15) is 0 Å². The van der Waals surface area contributed by atoms with Gasteiger partial charge in [0.05, 0.1) is 5.75 Å². The molecule has 0 aromatic rings. The molecule has 0 N–H and O–H groups in total. The van der Waals surface area contributed by atoms with E-state index >= 15 is 0 Å². The van der Waals surface area contributed by atoms with E-state index in [2.05, 4.69) is 0 Å². The first kappa shape index (κ1) is 5.68. The minimum absolute atomic E-state index is 0.370. The predicted octanol–water partition coefficient (Wildman–Crippen LogP) is -0.350. The summed E-state index contributed by atoms with van der Waals surface area (Å²) in [7, 11) is -1.12. The number of sulfonamides is 1. The van der Waals surface area contributed by atoms with Gasteiger partial charge >= 0.3 is 0 Å². The molecule has 0 bridgehead atoms. The van der Waals surface area contributed by atoms with Crippen molar-refractivity contribution in [2.45, 2.75) is 12.5 Å². The SMILES string of the molecule is CN1C2CC2CS1(=O)=O. The van der Waals surface area contributed by atoms with Crippen LogP contribution in [0.5, 0.6) is 0 Å². The van der Waals surface area contributed by atoms with Gasteiger partial charge in [0.25, 0.3) is 0 Å². The molecule has 1 saturated carbocycles. The van der Waals surface area contributed by atoms with Crippen molar-refractivity contribution in [2.24, 2.45) is 5.92 Å². The second-order valence-electron chi connectivity index (χ2n) is 2.86. The Morgan fingerprint density at radius 2 is 2.22 bits per heavy atom. The lowest BCUT2D eigenvalue weighted by Gasteiger charge is -2.08. The summed E-state index contributed by atoms with van der Waals surface area (Å²) in [5.41, 5.74) is 0. The Bertz CT molecular complexity index is 233. The van der Waals surface area contributed by atoms with Gasteiger partial charge in [-0.25, -0.2) is 12.7 Å². The lowest BCUT2D eigenvalue weighted by molar-refractivity contribution is 0.481. The molecule has 52 valence electrons. The van der Waals surface area contributed by atoms with Gasteiger partial charge < -0.3 is 0 Å². The predicted molar refractivity (Wildman–Crippen MR) is 33.4 cm³/mol. The van der Waals surface area contributed by atoms with Crippen molar-refractivity contribution >= 4 is 10.0 Å². The van der Waals surface area contributed by atoms with Crippen molar-refractivity contribution in [3.8, 4) is 0 Å². The monoisotopic (exact) mass is 147 g/mol. The molecule has 0 radical (unpaired) electrons. The molecule has 2 rings (SSSR count). The number of hydrogen-bond acceptors (Lipinski definition) is 2. The topological polar surface area (TPSA) is 37.4 Å². The summed E-state index contributed by atoms with van der Waals surface area (Å²) in [6.45, 7) is 0. The molecule has 1 aliphatic carbocycles. The number of hydrogen-bond donors (Lipinski definition) is 0. The van der Waals surface area contributed by atoms with E-state index in [1.807, 2.05) is 0 Å². The molecule has 2 atom stereocenters. The maximum atomic E-state index is 10.9. The summed E-state index contributed by atoms with van der Waals surface area (Å²) in [6, 6.07) is 0.370. The first-order valence-corrected chi connectivity index (χ1v) is 4.68. The summed E-state index contributed by atoms with van der Waals surface area (Å²) in [5, 5.41) is 0. The van der Waals surface area contributed by atoms with E-state index < -0.39 is 10.0 Å². The van der Waals surface area contributed by atoms with Crippen molar-refractivity contribution in [3.63, 3.8) is 0 Å². The Morgan fingerprint density at radius 3 is 2.44 bits per heavy atom. The fraction of sp³-hybridized carbons (Fsp3) is 1.00. The zero-order valence-electron chi connectivity index (χ0n) is 5.24. The van der Waals surface area contributed by atoms with Crippen LogP contribution in [0.1, 0.15) is 6.42 Å². The van der Waals surface area contributed by atoms with Crippen molar-refractivity contribution in [2.75, 3.05) is 12.8 Å². The van der Waals surface area contributed by atoms with Gasteiger partial charge in [-0.05, 0) is 12.3 Å². The maximum absolute atomic E-state index is 10.9. The van der Waals surface area contributed by atoms with E-state index in [0.717, 1.165) is 6.42 Å². The Labute approximate surface area is 54.7 Å². The van der Waals surface area contributed by atoms with Crippen LogP contribution in [0, 0.1) is 5.92 Å². The summed E-state index contributed by atoms with van der Waals surface area (Å²) >= 11 is 0. The maximum Gasteiger partial charge on any atom is 0.214 e. The number of fused-ring (bicyclic) bond motifs is 1. The molecule has 0 aromatic carbocycles. The highest BCUT2D eigenvalue weighted by molar-refractivity contribution is 7.89. The van der Waals surface area contributed by atoms with Crippen molar-refractivity contribution in [1.29, 1.82) is 0 Å². The standard InChI is InChI=1S/C5H9NO2S/c1-6-5-2-4(5)3-9(6,7)8/h4-5H,2-3H2,1H3. The molecule has 2 fully saturated rings. The molecule has 9 heavy (non-hydrogen) atoms. The molecule has 1 heterocycles. The summed E-state index contributed by atoms with van der Waals surface area (Å²) in [4.78, 5) is 0. The highest BCUT2D eigenvalue weighted by Crippen LogP contribution is 2.43. The second kappa shape index (κ2) is 1.32. The van der Waals surface area contributed by atoms with Crippen molar-refractivity contribution in [3.05, 3.63) is 0 Å². The first-order chi connectivity index (χ1) is 4.11. The van der Waals surface area contributed by atoms with Gasteiger partial charge in [0.15, 0.2) is 0 Å². The lowest BCUT2D eigenvalue weighted by atomic mass is 10.5. The van der Waals surface area contributed by atoms with E-state index in [1.54, 1.807) is 7.05 Å². The van der Waals surface area contributed by atoms with Crippen LogP contribution >= 0.6 is 0 Å². The van der Waals surface area contributed by atoms with Crippen LogP contribution in [0.4, 0.5) is 0 Å². The molecule has 0 aromatic heterocycles. The molecular formula is C5H9NO2S. The van der Waals surface area contributed by atoms with Gasteiger partial charge in [0, 0.05) is 13.1 Å². The fourth-order valence-corrected chi connectivity index (χ4v) is 3.26. The van der Waals surface area contributed by atoms with E-state index in [4.69, 9.17) is 0 Å². The van der Waals surface area contributed by atoms with Gasteiger partial charge in [-0.15, -0.1) is 0 Å². The van der Waals surface area contributed by atoms with Gasteiger partial charge in [-0.1, -0.05) is 0 Å². The zero-order chi connectivity index (χ0) is 6.65. The fourth-order valence-electron chi connectivity index (χ4n) is 1.45. The Balaban J connectivity index is 2.36. The molecule has 4 heteroatoms. The molecule has 0 spiro atoms. The van der Waals surface area contributed by atoms with Crippen LogP contribution in [0.15, 0.2) is 0 Å². The van der Waals surface area contributed by atoms with Crippen molar-refractivity contribution in [1.82, 2.24) is 4.31 Å². The van der Waals surface area contributed by atoms with Gasteiger partial charge in [-0.3, -0.25) is 0 Å². The highest BCUT2D eigenvalue weighted by Gasteiger charge is 2.53. The van der Waals surface area contributed by atoms with Gasteiger partial charge in [0.2, 0.25) is 10.0 Å². The minimum atomic E-state index is -2.79. The third kappa shape index (κ3) is 0.632. The van der Waals surface area contributed by atoms with Crippen LogP contribution in [0.2, 0.25) is 0 Å². The molecule has 2 aliphatic rings. The molecule has 3 nitrogen and oxygen atoms in total. The van der Waals surface area contributed by atoms with E-state index in [0.29, 0.717) is 17.7 Å². The molecule has 2 unspecified atom stereocenters. The molecule has 1 saturated heterocycles. The first-order valence-electron chi connectivity index (χ1n) is 3.07. The molecule has 0 amide bonds. The zero-order valence-corrected chi connectivity index (χ0v) is 6.06. The van der Waals surface area contributed by atoms with Gasteiger partial charge in [-0.2, -0.15) is 0 Å².